The topological polar surface area (TPSA) is 78.0 Å². The number of fused-ring (bicyclic) bond motifs is 2. The second-order valence-electron chi connectivity index (χ2n) is 8.54. The number of hydrogen-bond acceptors (Lipinski definition) is 6. The number of anilines is 3. The number of hydrogen-bond donors (Lipinski definition) is 2. The highest BCUT2D eigenvalue weighted by Crippen LogP contribution is 2.30. The van der Waals surface area contributed by atoms with E-state index >= 15 is 0 Å². The predicted octanol–water partition coefficient (Wildman–Crippen LogP) is 3.64. The van der Waals surface area contributed by atoms with Gasteiger partial charge in [-0.05, 0) is 48.4 Å². The minimum atomic E-state index is -0.586. The molecular formula is C24H22N6O. The summed E-state index contributed by atoms with van der Waals surface area (Å²) < 4.78 is 1.99. The van der Waals surface area contributed by atoms with Gasteiger partial charge < -0.3 is 19.7 Å². The van der Waals surface area contributed by atoms with E-state index in [2.05, 4.69) is 50.5 Å². The number of rotatable bonds is 4. The first-order valence-electron chi connectivity index (χ1n) is 10.4. The number of nitrogens with one attached hydrogen (secondary N) is 1. The van der Waals surface area contributed by atoms with Gasteiger partial charge in [-0.15, -0.1) is 0 Å². The number of aliphatic imine (C=N–C) groups is 1. The van der Waals surface area contributed by atoms with Crippen LogP contribution in [0.15, 0.2) is 66.0 Å². The van der Waals surface area contributed by atoms with Crippen LogP contribution in [0.5, 0.6) is 0 Å². The van der Waals surface area contributed by atoms with Gasteiger partial charge in [-0.3, -0.25) is 4.99 Å². The third-order valence-electron chi connectivity index (χ3n) is 5.86. The van der Waals surface area contributed by atoms with Crippen molar-refractivity contribution in [2.24, 2.45) is 4.99 Å². The monoisotopic (exact) mass is 410 g/mol. The number of β-amino-alcohol motifs (C(OH)–C–C–N with tert-alkyl or cyclic N) is 1. The summed E-state index contributed by atoms with van der Waals surface area (Å²) in [6.45, 7) is 3.90. The summed E-state index contributed by atoms with van der Waals surface area (Å²) in [5, 5.41) is 13.4. The number of benzene rings is 2. The number of aliphatic hydroxyl groups is 1. The summed E-state index contributed by atoms with van der Waals surface area (Å²) >= 11 is 0. The van der Waals surface area contributed by atoms with E-state index in [9.17, 15) is 5.11 Å². The molecule has 2 aliphatic rings. The quantitative estimate of drug-likeness (QED) is 0.537. The second kappa shape index (κ2) is 6.65. The molecule has 1 fully saturated rings. The van der Waals surface area contributed by atoms with Gasteiger partial charge in [0.15, 0.2) is 11.5 Å². The van der Waals surface area contributed by atoms with Crippen molar-refractivity contribution in [3.05, 3.63) is 72.2 Å². The van der Waals surface area contributed by atoms with Crippen molar-refractivity contribution in [3.63, 3.8) is 0 Å². The van der Waals surface area contributed by atoms with E-state index in [4.69, 9.17) is 4.98 Å². The Morgan fingerprint density at radius 3 is 2.74 bits per heavy atom. The lowest BCUT2D eigenvalue weighted by Gasteiger charge is -2.45. The third-order valence-corrected chi connectivity index (χ3v) is 5.86. The van der Waals surface area contributed by atoms with E-state index < -0.39 is 5.60 Å². The number of aromatic nitrogens is 3. The van der Waals surface area contributed by atoms with Gasteiger partial charge in [0.1, 0.15) is 0 Å². The summed E-state index contributed by atoms with van der Waals surface area (Å²) in [6, 6.07) is 14.5. The fourth-order valence-corrected chi connectivity index (χ4v) is 4.28. The highest BCUT2D eigenvalue weighted by molar-refractivity contribution is 5.86. The largest absolute Gasteiger partial charge is 0.386 e. The van der Waals surface area contributed by atoms with Gasteiger partial charge in [-0.1, -0.05) is 12.1 Å². The van der Waals surface area contributed by atoms with Gasteiger partial charge in [0, 0.05) is 54.8 Å². The van der Waals surface area contributed by atoms with E-state index in [1.54, 1.807) is 6.20 Å². The Balaban J connectivity index is 1.31. The minimum Gasteiger partial charge on any atom is -0.386 e. The van der Waals surface area contributed by atoms with Crippen molar-refractivity contribution >= 4 is 29.1 Å². The highest BCUT2D eigenvalue weighted by Gasteiger charge is 2.36. The molecule has 0 radical (unpaired) electrons. The summed E-state index contributed by atoms with van der Waals surface area (Å²) in [5.74, 6) is 0.707. The molecule has 6 rings (SSSR count). The molecule has 0 unspecified atom stereocenters. The van der Waals surface area contributed by atoms with Crippen LogP contribution in [0.4, 0.5) is 17.2 Å². The molecule has 2 N–H and O–H groups in total. The molecular weight excluding hydrogens is 388 g/mol. The Labute approximate surface area is 179 Å². The van der Waals surface area contributed by atoms with E-state index in [0.29, 0.717) is 18.9 Å². The van der Waals surface area contributed by atoms with Crippen molar-refractivity contribution in [2.75, 3.05) is 23.3 Å². The standard InChI is InChI=1S/C24H22N6O/c1-24(31)14-30(15-24)20-6-4-19(5-7-20)27-22-23-26-8-9-29(23)13-21(28-22)16-2-3-17-11-25-12-18(17)10-16/h2-11,13,31H,12,14-15H2,1H3,(H,27,28). The molecule has 4 heterocycles. The van der Waals surface area contributed by atoms with Crippen LogP contribution >= 0.6 is 0 Å². The third kappa shape index (κ3) is 3.23. The first-order chi connectivity index (χ1) is 15.0. The lowest BCUT2D eigenvalue weighted by Crippen LogP contribution is -2.60. The van der Waals surface area contributed by atoms with Crippen LogP contribution in [-0.2, 0) is 6.54 Å². The number of imidazole rings is 1. The zero-order chi connectivity index (χ0) is 21.0. The molecule has 0 amide bonds. The van der Waals surface area contributed by atoms with Gasteiger partial charge in [0.05, 0.1) is 17.8 Å². The summed E-state index contributed by atoms with van der Waals surface area (Å²) in [4.78, 5) is 15.9. The van der Waals surface area contributed by atoms with Crippen molar-refractivity contribution in [1.29, 1.82) is 0 Å². The maximum absolute atomic E-state index is 9.97. The van der Waals surface area contributed by atoms with E-state index in [1.807, 2.05) is 42.1 Å². The highest BCUT2D eigenvalue weighted by atomic mass is 16.3. The molecule has 2 aromatic carbocycles. The first kappa shape index (κ1) is 18.1. The van der Waals surface area contributed by atoms with Crippen molar-refractivity contribution in [2.45, 2.75) is 19.1 Å². The average Bonchev–Trinajstić information content (AvgIpc) is 3.41. The molecule has 7 nitrogen and oxygen atoms in total. The molecule has 7 heteroatoms. The van der Waals surface area contributed by atoms with Crippen LogP contribution in [0, 0.1) is 0 Å². The molecule has 154 valence electrons. The Morgan fingerprint density at radius 1 is 1.10 bits per heavy atom. The van der Waals surface area contributed by atoms with Crippen molar-refractivity contribution in [1.82, 2.24) is 14.4 Å². The molecule has 0 spiro atoms. The first-order valence-corrected chi connectivity index (χ1v) is 10.4. The zero-order valence-corrected chi connectivity index (χ0v) is 17.2. The van der Waals surface area contributed by atoms with Crippen molar-refractivity contribution in [3.8, 4) is 11.3 Å². The molecule has 31 heavy (non-hydrogen) atoms. The SMILES string of the molecule is CC1(O)CN(c2ccc(Nc3nc(-c4ccc5c(c4)CN=C5)cn4ccnc34)cc2)C1. The van der Waals surface area contributed by atoms with Gasteiger partial charge in [-0.25, -0.2) is 9.97 Å². The van der Waals surface area contributed by atoms with E-state index in [1.165, 1.54) is 11.1 Å². The van der Waals surface area contributed by atoms with Crippen LogP contribution in [0.2, 0.25) is 0 Å². The zero-order valence-electron chi connectivity index (χ0n) is 17.2. The van der Waals surface area contributed by atoms with Crippen LogP contribution in [0.1, 0.15) is 18.1 Å². The van der Waals surface area contributed by atoms with Gasteiger partial charge in [0.25, 0.3) is 0 Å². The minimum absolute atomic E-state index is 0.586. The smallest absolute Gasteiger partial charge is 0.180 e. The van der Waals surface area contributed by atoms with Gasteiger partial charge in [-0.2, -0.15) is 0 Å². The summed E-state index contributed by atoms with van der Waals surface area (Å²) in [7, 11) is 0. The Bertz CT molecular complexity index is 1310. The lowest BCUT2D eigenvalue weighted by atomic mass is 9.96. The van der Waals surface area contributed by atoms with Crippen LogP contribution in [0.25, 0.3) is 16.9 Å². The Hall–Kier alpha value is -3.71. The van der Waals surface area contributed by atoms with Gasteiger partial charge in [0.2, 0.25) is 0 Å². The molecule has 2 aliphatic heterocycles. The maximum atomic E-state index is 9.97. The fraction of sp³-hybridized carbons (Fsp3) is 0.208. The van der Waals surface area contributed by atoms with Gasteiger partial charge >= 0.3 is 0 Å². The van der Waals surface area contributed by atoms with Crippen molar-refractivity contribution < 1.29 is 5.11 Å². The molecule has 0 saturated carbocycles. The maximum Gasteiger partial charge on any atom is 0.180 e. The van der Waals surface area contributed by atoms with Crippen LogP contribution in [-0.4, -0.2) is 44.4 Å². The predicted molar refractivity (Wildman–Crippen MR) is 122 cm³/mol. The molecule has 1 saturated heterocycles. The fourth-order valence-electron chi connectivity index (χ4n) is 4.28. The molecule has 0 bridgehead atoms. The normalized spacial score (nSPS) is 16.4. The number of nitrogens with zero attached hydrogens (tertiary/aromatic N) is 5. The average molecular weight is 410 g/mol. The molecule has 0 aliphatic carbocycles. The Kier molecular flexibility index (Phi) is 3.88. The van der Waals surface area contributed by atoms with Crippen LogP contribution in [0.3, 0.4) is 0 Å². The summed E-state index contributed by atoms with van der Waals surface area (Å²) in [5.41, 5.74) is 6.56. The second-order valence-corrected chi connectivity index (χ2v) is 8.54. The van der Waals surface area contributed by atoms with E-state index in [-0.39, 0.29) is 0 Å². The molecule has 4 aromatic rings. The molecule has 2 aromatic heterocycles. The lowest BCUT2D eigenvalue weighted by molar-refractivity contribution is 0.0310. The van der Waals surface area contributed by atoms with Crippen LogP contribution < -0.4 is 10.2 Å². The van der Waals surface area contributed by atoms with E-state index in [0.717, 1.165) is 34.8 Å². The Morgan fingerprint density at radius 2 is 1.94 bits per heavy atom. The summed E-state index contributed by atoms with van der Waals surface area (Å²) in [6.07, 6.45) is 7.63. The molecule has 0 atom stereocenters.